The number of amides is 1. The third kappa shape index (κ3) is 2.49. The van der Waals surface area contributed by atoms with E-state index in [2.05, 4.69) is 10.2 Å². The van der Waals surface area contributed by atoms with Crippen molar-refractivity contribution in [1.82, 2.24) is 15.1 Å². The van der Waals surface area contributed by atoms with Gasteiger partial charge in [-0.15, -0.1) is 0 Å². The molecule has 1 amide bonds. The highest BCUT2D eigenvalue weighted by Gasteiger charge is 2.31. The lowest BCUT2D eigenvalue weighted by Crippen LogP contribution is -2.37. The molecule has 5 heteroatoms. The van der Waals surface area contributed by atoms with E-state index in [9.17, 15) is 9.90 Å². The van der Waals surface area contributed by atoms with Crippen LogP contribution < -0.4 is 0 Å². The molecular formula is C12H19N3O2. The summed E-state index contributed by atoms with van der Waals surface area (Å²) in [4.78, 5) is 14.2. The van der Waals surface area contributed by atoms with Crippen molar-refractivity contribution < 1.29 is 9.90 Å². The highest BCUT2D eigenvalue weighted by Crippen LogP contribution is 2.24. The zero-order chi connectivity index (χ0) is 12.4. The molecule has 5 nitrogen and oxygen atoms in total. The maximum absolute atomic E-state index is 12.3. The van der Waals surface area contributed by atoms with Gasteiger partial charge in [-0.1, -0.05) is 0 Å². The van der Waals surface area contributed by atoms with Crippen LogP contribution in [-0.2, 0) is 0 Å². The normalized spacial score (nSPS) is 21.8. The smallest absolute Gasteiger partial charge is 0.257 e. The van der Waals surface area contributed by atoms with Crippen molar-refractivity contribution in [2.45, 2.75) is 45.3 Å². The summed E-state index contributed by atoms with van der Waals surface area (Å²) in [7, 11) is 0. The quantitative estimate of drug-likeness (QED) is 0.827. The summed E-state index contributed by atoms with van der Waals surface area (Å²) >= 11 is 0. The molecule has 2 unspecified atom stereocenters. The molecule has 2 rings (SSSR count). The van der Waals surface area contributed by atoms with Crippen LogP contribution in [0, 0.1) is 6.92 Å². The minimum Gasteiger partial charge on any atom is -0.393 e. The lowest BCUT2D eigenvalue weighted by atomic mass is 10.1. The van der Waals surface area contributed by atoms with Crippen LogP contribution in [0.2, 0.25) is 0 Å². The molecule has 1 saturated heterocycles. The van der Waals surface area contributed by atoms with Crippen LogP contribution in [-0.4, -0.2) is 44.8 Å². The molecule has 1 aliphatic heterocycles. The lowest BCUT2D eigenvalue weighted by Gasteiger charge is -2.25. The summed E-state index contributed by atoms with van der Waals surface area (Å²) in [6, 6.07) is 0.164. The van der Waals surface area contributed by atoms with Gasteiger partial charge >= 0.3 is 0 Å². The van der Waals surface area contributed by atoms with Gasteiger partial charge in [-0.05, 0) is 33.1 Å². The van der Waals surface area contributed by atoms with Gasteiger partial charge in [0.25, 0.3) is 5.91 Å². The summed E-state index contributed by atoms with van der Waals surface area (Å²) in [5, 5.41) is 16.1. The van der Waals surface area contributed by atoms with E-state index in [1.807, 2.05) is 11.8 Å². The average Bonchev–Trinajstić information content (AvgIpc) is 2.85. The van der Waals surface area contributed by atoms with Gasteiger partial charge in [0.1, 0.15) is 0 Å². The summed E-state index contributed by atoms with van der Waals surface area (Å²) in [5.41, 5.74) is 1.44. The van der Waals surface area contributed by atoms with Gasteiger partial charge in [-0.25, -0.2) is 0 Å². The minimum absolute atomic E-state index is 0.0272. The number of aliphatic hydroxyl groups excluding tert-OH is 1. The number of likely N-dealkylation sites (tertiary alicyclic amines) is 1. The Bertz CT molecular complexity index is 400. The van der Waals surface area contributed by atoms with E-state index in [1.54, 1.807) is 13.1 Å². The number of nitrogens with zero attached hydrogens (tertiary/aromatic N) is 2. The number of hydrogen-bond acceptors (Lipinski definition) is 3. The molecule has 17 heavy (non-hydrogen) atoms. The number of hydrogen-bond donors (Lipinski definition) is 2. The number of aromatic amines is 1. The number of aryl methyl sites for hydroxylation is 1. The van der Waals surface area contributed by atoms with Crippen molar-refractivity contribution in [2.75, 3.05) is 6.54 Å². The van der Waals surface area contributed by atoms with Crippen LogP contribution in [0.4, 0.5) is 0 Å². The van der Waals surface area contributed by atoms with Crippen molar-refractivity contribution in [3.8, 4) is 0 Å². The molecule has 0 aromatic carbocycles. The zero-order valence-corrected chi connectivity index (χ0v) is 10.3. The largest absolute Gasteiger partial charge is 0.393 e. The molecule has 2 heterocycles. The van der Waals surface area contributed by atoms with E-state index in [0.717, 1.165) is 25.1 Å². The van der Waals surface area contributed by atoms with Gasteiger partial charge in [-0.2, -0.15) is 5.10 Å². The molecule has 0 bridgehead atoms. The second-order valence-corrected chi connectivity index (χ2v) is 4.79. The van der Waals surface area contributed by atoms with E-state index in [4.69, 9.17) is 0 Å². The van der Waals surface area contributed by atoms with E-state index >= 15 is 0 Å². The zero-order valence-electron chi connectivity index (χ0n) is 10.3. The second-order valence-electron chi connectivity index (χ2n) is 4.79. The first-order valence-electron chi connectivity index (χ1n) is 6.08. The van der Waals surface area contributed by atoms with Crippen molar-refractivity contribution in [3.05, 3.63) is 17.5 Å². The van der Waals surface area contributed by atoms with Gasteiger partial charge in [-0.3, -0.25) is 9.89 Å². The van der Waals surface area contributed by atoms with Crippen molar-refractivity contribution >= 4 is 5.91 Å². The van der Waals surface area contributed by atoms with E-state index in [-0.39, 0.29) is 18.1 Å². The van der Waals surface area contributed by atoms with Crippen LogP contribution in [0.1, 0.15) is 42.2 Å². The number of carbonyl (C=O) groups excluding carboxylic acids is 1. The Morgan fingerprint density at radius 3 is 3.12 bits per heavy atom. The van der Waals surface area contributed by atoms with Crippen molar-refractivity contribution in [1.29, 1.82) is 0 Å². The third-order valence-electron chi connectivity index (χ3n) is 3.31. The molecule has 1 aromatic heterocycles. The van der Waals surface area contributed by atoms with Gasteiger partial charge in [0.15, 0.2) is 0 Å². The molecular weight excluding hydrogens is 218 g/mol. The van der Waals surface area contributed by atoms with Gasteiger partial charge < -0.3 is 10.0 Å². The monoisotopic (exact) mass is 237 g/mol. The highest BCUT2D eigenvalue weighted by molar-refractivity contribution is 5.95. The van der Waals surface area contributed by atoms with Crippen LogP contribution >= 0.6 is 0 Å². The number of H-pyrrole nitrogens is 1. The Kier molecular flexibility index (Phi) is 3.47. The Morgan fingerprint density at radius 1 is 1.76 bits per heavy atom. The molecule has 2 atom stereocenters. The van der Waals surface area contributed by atoms with Crippen LogP contribution in [0.5, 0.6) is 0 Å². The fourth-order valence-electron chi connectivity index (χ4n) is 2.46. The number of nitrogens with one attached hydrogen (secondary N) is 1. The van der Waals surface area contributed by atoms with Crippen molar-refractivity contribution in [3.63, 3.8) is 0 Å². The maximum atomic E-state index is 12.3. The number of rotatable bonds is 3. The third-order valence-corrected chi connectivity index (χ3v) is 3.31. The molecule has 94 valence electrons. The topological polar surface area (TPSA) is 69.2 Å². The first-order valence-corrected chi connectivity index (χ1v) is 6.08. The van der Waals surface area contributed by atoms with E-state index in [1.165, 1.54) is 0 Å². The second kappa shape index (κ2) is 4.87. The van der Waals surface area contributed by atoms with Crippen LogP contribution in [0.25, 0.3) is 0 Å². The summed E-state index contributed by atoms with van der Waals surface area (Å²) < 4.78 is 0. The standard InChI is InChI=1S/C12H19N3O2/c1-8(16)6-10-4-3-5-15(10)12(17)11-7-13-14-9(11)2/h7-8,10,16H,3-6H2,1-2H3,(H,13,14). The maximum Gasteiger partial charge on any atom is 0.257 e. The molecule has 0 radical (unpaired) electrons. The predicted octanol–water partition coefficient (Wildman–Crippen LogP) is 1.09. The highest BCUT2D eigenvalue weighted by atomic mass is 16.3. The van der Waals surface area contributed by atoms with Crippen molar-refractivity contribution in [2.24, 2.45) is 0 Å². The molecule has 0 spiro atoms. The number of aliphatic hydroxyl groups is 1. The van der Waals surface area contributed by atoms with E-state index in [0.29, 0.717) is 12.0 Å². The minimum atomic E-state index is -0.362. The molecule has 1 aliphatic rings. The van der Waals surface area contributed by atoms with Crippen LogP contribution in [0.3, 0.4) is 0 Å². The fourth-order valence-corrected chi connectivity index (χ4v) is 2.46. The lowest BCUT2D eigenvalue weighted by molar-refractivity contribution is 0.0681. The Labute approximate surface area is 101 Å². The van der Waals surface area contributed by atoms with Gasteiger partial charge in [0.05, 0.1) is 17.9 Å². The van der Waals surface area contributed by atoms with Gasteiger partial charge in [0.2, 0.25) is 0 Å². The SMILES string of the molecule is Cc1[nH]ncc1C(=O)N1CCCC1CC(C)O. The molecule has 2 N–H and O–H groups in total. The summed E-state index contributed by atoms with van der Waals surface area (Å²) in [6.07, 6.45) is 3.87. The fraction of sp³-hybridized carbons (Fsp3) is 0.667. The molecule has 1 fully saturated rings. The molecule has 0 aliphatic carbocycles. The molecule has 1 aromatic rings. The number of aromatic nitrogens is 2. The van der Waals surface area contributed by atoms with Gasteiger partial charge in [0, 0.05) is 18.3 Å². The Hall–Kier alpha value is -1.36. The summed E-state index contributed by atoms with van der Waals surface area (Å²) in [6.45, 7) is 4.39. The predicted molar refractivity (Wildman–Crippen MR) is 63.7 cm³/mol. The molecule has 0 saturated carbocycles. The first-order chi connectivity index (χ1) is 8.09. The van der Waals surface area contributed by atoms with Crippen LogP contribution in [0.15, 0.2) is 6.20 Å². The average molecular weight is 237 g/mol. The Morgan fingerprint density at radius 2 is 2.53 bits per heavy atom. The van der Waals surface area contributed by atoms with E-state index < -0.39 is 0 Å². The first kappa shape index (κ1) is 12.1. The summed E-state index contributed by atoms with van der Waals surface area (Å²) in [5.74, 6) is 0.0272. The number of carbonyl (C=O) groups is 1. The Balaban J connectivity index is 2.11.